The van der Waals surface area contributed by atoms with E-state index in [1.165, 1.54) is 18.7 Å². The predicted octanol–water partition coefficient (Wildman–Crippen LogP) is 5.32. The third-order valence-corrected chi connectivity index (χ3v) is 6.18. The first-order valence-corrected chi connectivity index (χ1v) is 10.6. The third kappa shape index (κ3) is 3.86. The summed E-state index contributed by atoms with van der Waals surface area (Å²) in [6.45, 7) is 6.41. The van der Waals surface area contributed by atoms with Crippen LogP contribution in [0.4, 0.5) is 6.01 Å². The maximum absolute atomic E-state index is 12.4. The topological polar surface area (TPSA) is 104 Å². The molecule has 0 fully saturated rings. The van der Waals surface area contributed by atoms with Gasteiger partial charge in [0, 0.05) is 11.1 Å². The van der Waals surface area contributed by atoms with Crippen molar-refractivity contribution in [2.45, 2.75) is 51.6 Å². The van der Waals surface area contributed by atoms with Gasteiger partial charge in [-0.2, -0.15) is 4.98 Å². The van der Waals surface area contributed by atoms with Crippen molar-refractivity contribution in [2.75, 3.05) is 4.90 Å². The van der Waals surface area contributed by atoms with E-state index in [9.17, 15) is 19.8 Å². The van der Waals surface area contributed by atoms with Crippen molar-refractivity contribution in [1.82, 2.24) is 4.98 Å². The van der Waals surface area contributed by atoms with Gasteiger partial charge < -0.3 is 14.6 Å². The van der Waals surface area contributed by atoms with Gasteiger partial charge in [-0.25, -0.2) is 9.59 Å². The molecule has 0 aliphatic rings. The SMILES string of the molecule is CCC(C)(C(=O)O)N(c1nc(-c2ccccc2)c(-c2ccccc2)o1)C(C)(CC)C(=O)O. The molecule has 3 rings (SSSR count). The Hall–Kier alpha value is -3.61. The van der Waals surface area contributed by atoms with Gasteiger partial charge in [-0.1, -0.05) is 74.5 Å². The molecule has 0 aliphatic heterocycles. The minimum Gasteiger partial charge on any atom is -0.480 e. The molecule has 168 valence electrons. The molecule has 2 atom stereocenters. The van der Waals surface area contributed by atoms with E-state index in [2.05, 4.69) is 4.98 Å². The standard InChI is InChI=1S/C25H28N2O5/c1-5-24(3,21(28)29)27(25(4,6-2)22(30)31)23-26-19(17-13-9-7-10-14-17)20(32-23)18-15-11-8-12-16-18/h7-16H,5-6H2,1-4H3,(H,28,29)(H,30,31). The quantitative estimate of drug-likeness (QED) is 0.468. The zero-order valence-electron chi connectivity index (χ0n) is 18.7. The largest absolute Gasteiger partial charge is 0.480 e. The van der Waals surface area contributed by atoms with E-state index >= 15 is 0 Å². The van der Waals surface area contributed by atoms with E-state index in [1.54, 1.807) is 13.8 Å². The lowest BCUT2D eigenvalue weighted by atomic mass is 9.87. The molecule has 0 amide bonds. The summed E-state index contributed by atoms with van der Waals surface area (Å²) in [5, 5.41) is 20.2. The normalized spacial score (nSPS) is 14.9. The van der Waals surface area contributed by atoms with Crippen molar-refractivity contribution in [1.29, 1.82) is 0 Å². The Morgan fingerprint density at radius 3 is 1.69 bits per heavy atom. The molecule has 3 aromatic rings. The molecule has 1 aromatic heterocycles. The predicted molar refractivity (Wildman–Crippen MR) is 123 cm³/mol. The van der Waals surface area contributed by atoms with E-state index in [1.807, 2.05) is 60.7 Å². The van der Waals surface area contributed by atoms with Crippen LogP contribution >= 0.6 is 0 Å². The van der Waals surface area contributed by atoms with E-state index < -0.39 is 23.0 Å². The lowest BCUT2D eigenvalue weighted by molar-refractivity contribution is -0.147. The van der Waals surface area contributed by atoms with Crippen LogP contribution in [0.5, 0.6) is 0 Å². The maximum Gasteiger partial charge on any atom is 0.329 e. The number of carboxylic acids is 2. The van der Waals surface area contributed by atoms with Crippen LogP contribution in [0.1, 0.15) is 40.5 Å². The van der Waals surface area contributed by atoms with E-state index in [4.69, 9.17) is 4.42 Å². The van der Waals surface area contributed by atoms with Crippen LogP contribution in [-0.2, 0) is 9.59 Å². The number of hydrogen-bond donors (Lipinski definition) is 2. The van der Waals surface area contributed by atoms with Gasteiger partial charge in [-0.05, 0) is 26.7 Å². The number of anilines is 1. The molecule has 0 spiro atoms. The van der Waals surface area contributed by atoms with Gasteiger partial charge in [0.1, 0.15) is 16.8 Å². The summed E-state index contributed by atoms with van der Waals surface area (Å²) in [7, 11) is 0. The fraction of sp³-hybridized carbons (Fsp3) is 0.320. The van der Waals surface area contributed by atoms with Gasteiger partial charge in [-0.3, -0.25) is 4.90 Å². The van der Waals surface area contributed by atoms with Crippen LogP contribution in [-0.4, -0.2) is 38.2 Å². The fourth-order valence-corrected chi connectivity index (χ4v) is 3.76. The number of aliphatic carboxylic acids is 2. The summed E-state index contributed by atoms with van der Waals surface area (Å²) >= 11 is 0. The lowest BCUT2D eigenvalue weighted by Crippen LogP contribution is -2.65. The average molecular weight is 437 g/mol. The number of nitrogens with zero attached hydrogens (tertiary/aromatic N) is 2. The highest BCUT2D eigenvalue weighted by Gasteiger charge is 2.53. The lowest BCUT2D eigenvalue weighted by Gasteiger charge is -2.45. The average Bonchev–Trinajstić information content (AvgIpc) is 3.24. The van der Waals surface area contributed by atoms with Crippen molar-refractivity contribution >= 4 is 18.0 Å². The zero-order valence-corrected chi connectivity index (χ0v) is 18.7. The number of carbonyl (C=O) groups is 2. The highest BCUT2D eigenvalue weighted by atomic mass is 16.4. The van der Waals surface area contributed by atoms with Crippen molar-refractivity contribution in [3.05, 3.63) is 60.7 Å². The Balaban J connectivity index is 2.34. The molecule has 2 N–H and O–H groups in total. The Kier molecular flexibility index (Phi) is 6.39. The summed E-state index contributed by atoms with van der Waals surface area (Å²) in [4.78, 5) is 30.8. The first-order chi connectivity index (χ1) is 15.2. The maximum atomic E-state index is 12.4. The van der Waals surface area contributed by atoms with Gasteiger partial charge in [0.2, 0.25) is 0 Å². The molecule has 1 heterocycles. The highest BCUT2D eigenvalue weighted by Crippen LogP contribution is 2.41. The first kappa shape index (κ1) is 23.1. The summed E-state index contributed by atoms with van der Waals surface area (Å²) in [6.07, 6.45) is 0.295. The van der Waals surface area contributed by atoms with Crippen molar-refractivity contribution < 1.29 is 24.2 Å². The van der Waals surface area contributed by atoms with Gasteiger partial charge >= 0.3 is 11.9 Å². The van der Waals surface area contributed by atoms with Crippen LogP contribution in [0.25, 0.3) is 22.6 Å². The molecule has 0 aliphatic carbocycles. The van der Waals surface area contributed by atoms with E-state index in [-0.39, 0.29) is 18.9 Å². The van der Waals surface area contributed by atoms with Gasteiger partial charge in [0.05, 0.1) is 0 Å². The molecule has 2 unspecified atom stereocenters. The van der Waals surface area contributed by atoms with Gasteiger partial charge in [0.15, 0.2) is 5.76 Å². The first-order valence-electron chi connectivity index (χ1n) is 10.6. The smallest absolute Gasteiger partial charge is 0.329 e. The highest BCUT2D eigenvalue weighted by molar-refractivity contribution is 5.90. The van der Waals surface area contributed by atoms with Crippen molar-refractivity contribution in [3.8, 4) is 22.6 Å². The van der Waals surface area contributed by atoms with Gasteiger partial charge in [0.25, 0.3) is 6.01 Å². The Morgan fingerprint density at radius 1 is 0.844 bits per heavy atom. The zero-order chi connectivity index (χ0) is 23.5. The molecule has 32 heavy (non-hydrogen) atoms. The fourth-order valence-electron chi connectivity index (χ4n) is 3.76. The van der Waals surface area contributed by atoms with E-state index in [0.29, 0.717) is 11.5 Å². The third-order valence-electron chi connectivity index (χ3n) is 6.18. The van der Waals surface area contributed by atoms with Crippen LogP contribution < -0.4 is 4.90 Å². The second kappa shape index (κ2) is 8.86. The molecule has 0 radical (unpaired) electrons. The monoisotopic (exact) mass is 436 g/mol. The van der Waals surface area contributed by atoms with Crippen molar-refractivity contribution in [3.63, 3.8) is 0 Å². The second-order valence-corrected chi connectivity index (χ2v) is 8.11. The summed E-state index contributed by atoms with van der Waals surface area (Å²) in [5.41, 5.74) is -1.06. The van der Waals surface area contributed by atoms with Gasteiger partial charge in [-0.15, -0.1) is 0 Å². The molecule has 0 saturated carbocycles. The minimum absolute atomic E-state index is 0.0405. The molecular formula is C25H28N2O5. The number of benzene rings is 2. The second-order valence-electron chi connectivity index (χ2n) is 8.11. The Bertz CT molecular complexity index is 1010. The molecular weight excluding hydrogens is 408 g/mol. The molecule has 7 heteroatoms. The number of carboxylic acid groups (broad SMARTS) is 2. The van der Waals surface area contributed by atoms with Crippen LogP contribution in [0.3, 0.4) is 0 Å². The molecule has 0 saturated heterocycles. The van der Waals surface area contributed by atoms with Crippen LogP contribution in [0.2, 0.25) is 0 Å². The molecule has 7 nitrogen and oxygen atoms in total. The Morgan fingerprint density at radius 2 is 1.28 bits per heavy atom. The number of rotatable bonds is 9. The minimum atomic E-state index is -1.56. The Labute approximate surface area is 187 Å². The van der Waals surface area contributed by atoms with Crippen LogP contribution in [0, 0.1) is 0 Å². The summed E-state index contributed by atoms with van der Waals surface area (Å²) < 4.78 is 6.20. The number of hydrogen-bond acceptors (Lipinski definition) is 5. The summed E-state index contributed by atoms with van der Waals surface area (Å²) in [5.74, 6) is -1.85. The number of aromatic nitrogens is 1. The van der Waals surface area contributed by atoms with Crippen molar-refractivity contribution in [2.24, 2.45) is 0 Å². The summed E-state index contributed by atoms with van der Waals surface area (Å²) in [6, 6.07) is 18.7. The van der Waals surface area contributed by atoms with E-state index in [0.717, 1.165) is 11.1 Å². The molecule has 2 aromatic carbocycles. The van der Waals surface area contributed by atoms with Crippen LogP contribution in [0.15, 0.2) is 65.1 Å². The molecule has 0 bridgehead atoms. The number of oxazole rings is 1.